The summed E-state index contributed by atoms with van der Waals surface area (Å²) in [5.41, 5.74) is 1.99. The lowest BCUT2D eigenvalue weighted by molar-refractivity contribution is 0.0983. The first-order valence-electron chi connectivity index (χ1n) is 8.61. The summed E-state index contributed by atoms with van der Waals surface area (Å²) in [6.07, 6.45) is 3.18. The molecule has 2 aromatic rings. The summed E-state index contributed by atoms with van der Waals surface area (Å²) in [6, 6.07) is 4.09. The van der Waals surface area contributed by atoms with Crippen LogP contribution in [0.2, 0.25) is 0 Å². The maximum Gasteiger partial charge on any atom is 0.409 e. The Bertz CT molecular complexity index is 736. The van der Waals surface area contributed by atoms with Crippen LogP contribution in [0.25, 0.3) is 5.82 Å². The highest BCUT2D eigenvalue weighted by molar-refractivity contribution is 5.67. The van der Waals surface area contributed by atoms with E-state index in [9.17, 15) is 4.79 Å². The Kier molecular flexibility index (Phi) is 5.16. The molecule has 1 saturated heterocycles. The minimum atomic E-state index is -0.233. The molecule has 1 fully saturated rings. The second-order valence-electron chi connectivity index (χ2n) is 6.18. The van der Waals surface area contributed by atoms with Crippen molar-refractivity contribution in [3.63, 3.8) is 0 Å². The monoisotopic (exact) mass is 344 g/mol. The van der Waals surface area contributed by atoms with Crippen LogP contribution in [0.5, 0.6) is 0 Å². The molecule has 1 amide bonds. The minimum absolute atomic E-state index is 0.233. The van der Waals surface area contributed by atoms with Crippen molar-refractivity contribution in [3.05, 3.63) is 29.7 Å². The van der Waals surface area contributed by atoms with Crippen molar-refractivity contribution in [2.45, 2.75) is 39.7 Å². The Hall–Kier alpha value is -2.64. The standard InChI is InChI=1S/C17H24N6O2/c1-4-25-17(24)22-9-6-14(7-10-22)19-16-18-8-5-15(20-16)23-13(3)11-12(2)21-23/h5,8,11,14H,4,6-7,9-10H2,1-3H3,(H,18,19,20). The fraction of sp³-hybridized carbons (Fsp3) is 0.529. The molecule has 0 saturated carbocycles. The van der Waals surface area contributed by atoms with Crippen LogP contribution in [0, 0.1) is 13.8 Å². The van der Waals surface area contributed by atoms with E-state index in [1.807, 2.05) is 37.6 Å². The summed E-state index contributed by atoms with van der Waals surface area (Å²) < 4.78 is 6.86. The van der Waals surface area contributed by atoms with Crippen LogP contribution in [0.15, 0.2) is 18.3 Å². The Morgan fingerprint density at radius 3 is 2.76 bits per heavy atom. The van der Waals surface area contributed by atoms with Crippen molar-refractivity contribution in [2.75, 3.05) is 25.0 Å². The summed E-state index contributed by atoms with van der Waals surface area (Å²) in [6.45, 7) is 7.53. The minimum Gasteiger partial charge on any atom is -0.450 e. The Morgan fingerprint density at radius 2 is 2.12 bits per heavy atom. The van der Waals surface area contributed by atoms with Crippen molar-refractivity contribution in [1.82, 2.24) is 24.6 Å². The second kappa shape index (κ2) is 7.50. The van der Waals surface area contributed by atoms with Crippen LogP contribution >= 0.6 is 0 Å². The van der Waals surface area contributed by atoms with Gasteiger partial charge < -0.3 is 15.0 Å². The third kappa shape index (κ3) is 4.07. The first-order valence-corrected chi connectivity index (χ1v) is 8.61. The van der Waals surface area contributed by atoms with Gasteiger partial charge >= 0.3 is 6.09 Å². The fourth-order valence-electron chi connectivity index (χ4n) is 3.00. The number of anilines is 1. The van der Waals surface area contributed by atoms with Crippen LogP contribution < -0.4 is 5.32 Å². The van der Waals surface area contributed by atoms with Gasteiger partial charge in [-0.15, -0.1) is 0 Å². The molecule has 3 rings (SSSR count). The Balaban J connectivity index is 1.62. The van der Waals surface area contributed by atoms with Gasteiger partial charge in [-0.05, 0) is 39.7 Å². The third-order valence-electron chi connectivity index (χ3n) is 4.22. The quantitative estimate of drug-likeness (QED) is 0.916. The van der Waals surface area contributed by atoms with E-state index in [-0.39, 0.29) is 12.1 Å². The maximum atomic E-state index is 11.7. The van der Waals surface area contributed by atoms with E-state index in [0.29, 0.717) is 25.6 Å². The van der Waals surface area contributed by atoms with E-state index >= 15 is 0 Å². The molecule has 8 nitrogen and oxygen atoms in total. The molecule has 1 aliphatic heterocycles. The lowest BCUT2D eigenvalue weighted by Gasteiger charge is -2.31. The highest BCUT2D eigenvalue weighted by atomic mass is 16.6. The number of nitrogens with one attached hydrogen (secondary N) is 1. The van der Waals surface area contributed by atoms with Gasteiger partial charge in [-0.3, -0.25) is 0 Å². The van der Waals surface area contributed by atoms with Crippen molar-refractivity contribution in [1.29, 1.82) is 0 Å². The summed E-state index contributed by atoms with van der Waals surface area (Å²) in [5.74, 6) is 1.33. The normalized spacial score (nSPS) is 15.2. The fourth-order valence-corrected chi connectivity index (χ4v) is 3.00. The van der Waals surface area contributed by atoms with E-state index in [4.69, 9.17) is 4.74 Å². The molecule has 3 heterocycles. The molecule has 0 radical (unpaired) electrons. The SMILES string of the molecule is CCOC(=O)N1CCC(Nc2nccc(-n3nc(C)cc3C)n2)CC1. The number of hydrogen-bond acceptors (Lipinski definition) is 6. The molecular weight excluding hydrogens is 320 g/mol. The highest BCUT2D eigenvalue weighted by Gasteiger charge is 2.24. The van der Waals surface area contributed by atoms with Gasteiger partial charge in [0.05, 0.1) is 12.3 Å². The molecule has 8 heteroatoms. The van der Waals surface area contributed by atoms with Crippen molar-refractivity contribution >= 4 is 12.0 Å². The molecule has 2 aromatic heterocycles. The van der Waals surface area contributed by atoms with Gasteiger partial charge in [0.15, 0.2) is 5.82 Å². The topological polar surface area (TPSA) is 85.2 Å². The number of likely N-dealkylation sites (tertiary alicyclic amines) is 1. The molecule has 1 N–H and O–H groups in total. The number of aryl methyl sites for hydroxylation is 2. The predicted molar refractivity (Wildman–Crippen MR) is 93.9 cm³/mol. The summed E-state index contributed by atoms with van der Waals surface area (Å²) in [4.78, 5) is 22.4. The van der Waals surface area contributed by atoms with Crippen LogP contribution in [0.4, 0.5) is 10.7 Å². The lowest BCUT2D eigenvalue weighted by atomic mass is 10.1. The maximum absolute atomic E-state index is 11.7. The van der Waals surface area contributed by atoms with E-state index in [1.54, 1.807) is 11.1 Å². The number of nitrogens with zero attached hydrogens (tertiary/aromatic N) is 5. The van der Waals surface area contributed by atoms with E-state index in [0.717, 1.165) is 30.0 Å². The molecule has 0 aromatic carbocycles. The van der Waals surface area contributed by atoms with Crippen LogP contribution in [-0.4, -0.2) is 56.5 Å². The smallest absolute Gasteiger partial charge is 0.409 e. The van der Waals surface area contributed by atoms with Gasteiger partial charge in [-0.25, -0.2) is 14.5 Å². The van der Waals surface area contributed by atoms with Gasteiger partial charge in [-0.1, -0.05) is 0 Å². The van der Waals surface area contributed by atoms with Gasteiger partial charge in [0, 0.05) is 37.1 Å². The van der Waals surface area contributed by atoms with E-state index in [2.05, 4.69) is 20.4 Å². The van der Waals surface area contributed by atoms with Crippen molar-refractivity contribution in [2.24, 2.45) is 0 Å². The largest absolute Gasteiger partial charge is 0.450 e. The summed E-state index contributed by atoms with van der Waals surface area (Å²) >= 11 is 0. The molecule has 134 valence electrons. The number of amides is 1. The molecule has 0 atom stereocenters. The average Bonchev–Trinajstić information content (AvgIpc) is 2.94. The van der Waals surface area contributed by atoms with E-state index in [1.165, 1.54) is 0 Å². The van der Waals surface area contributed by atoms with Crippen LogP contribution in [-0.2, 0) is 4.74 Å². The number of ether oxygens (including phenoxy) is 1. The molecule has 0 aliphatic carbocycles. The molecular formula is C17H24N6O2. The molecule has 25 heavy (non-hydrogen) atoms. The van der Waals surface area contributed by atoms with Gasteiger partial charge in [0.1, 0.15) is 0 Å². The Morgan fingerprint density at radius 1 is 1.36 bits per heavy atom. The zero-order valence-corrected chi connectivity index (χ0v) is 14.9. The Labute approximate surface area is 147 Å². The lowest BCUT2D eigenvalue weighted by Crippen LogP contribution is -2.42. The zero-order chi connectivity index (χ0) is 17.8. The van der Waals surface area contributed by atoms with Gasteiger partial charge in [0.2, 0.25) is 5.95 Å². The first-order chi connectivity index (χ1) is 12.1. The molecule has 1 aliphatic rings. The van der Waals surface area contributed by atoms with Crippen LogP contribution in [0.3, 0.4) is 0 Å². The number of carbonyl (C=O) groups excluding carboxylic acids is 1. The van der Waals surface area contributed by atoms with E-state index < -0.39 is 0 Å². The van der Waals surface area contributed by atoms with Crippen molar-refractivity contribution < 1.29 is 9.53 Å². The second-order valence-corrected chi connectivity index (χ2v) is 6.18. The van der Waals surface area contributed by atoms with Crippen LogP contribution in [0.1, 0.15) is 31.2 Å². The summed E-state index contributed by atoms with van der Waals surface area (Å²) in [7, 11) is 0. The molecule has 0 spiro atoms. The molecule has 0 bridgehead atoms. The number of rotatable bonds is 4. The van der Waals surface area contributed by atoms with Crippen molar-refractivity contribution in [3.8, 4) is 5.82 Å². The van der Waals surface area contributed by atoms with Gasteiger partial charge in [-0.2, -0.15) is 10.1 Å². The average molecular weight is 344 g/mol. The highest BCUT2D eigenvalue weighted by Crippen LogP contribution is 2.16. The number of aromatic nitrogens is 4. The zero-order valence-electron chi connectivity index (χ0n) is 14.9. The number of carbonyl (C=O) groups is 1. The van der Waals surface area contributed by atoms with Gasteiger partial charge in [0.25, 0.3) is 0 Å². The predicted octanol–water partition coefficient (Wildman–Crippen LogP) is 2.31. The first kappa shape index (κ1) is 17.2. The number of piperidine rings is 1. The summed E-state index contributed by atoms with van der Waals surface area (Å²) in [5, 5.41) is 7.82. The molecule has 0 unspecified atom stereocenters. The number of hydrogen-bond donors (Lipinski definition) is 1. The third-order valence-corrected chi connectivity index (χ3v) is 4.22.